The summed E-state index contributed by atoms with van der Waals surface area (Å²) < 4.78 is 25.8. The van der Waals surface area contributed by atoms with Crippen LogP contribution >= 0.6 is 22.9 Å². The van der Waals surface area contributed by atoms with Gasteiger partial charge in [0.05, 0.1) is 4.90 Å². The van der Waals surface area contributed by atoms with E-state index >= 15 is 0 Å². The molecule has 0 atom stereocenters. The van der Waals surface area contributed by atoms with E-state index in [1.807, 2.05) is 12.1 Å². The van der Waals surface area contributed by atoms with Crippen molar-refractivity contribution in [1.82, 2.24) is 4.98 Å². The Morgan fingerprint density at radius 3 is 2.44 bits per heavy atom. The molecule has 0 fully saturated rings. The predicted octanol–water partition coefficient (Wildman–Crippen LogP) is 4.19. The molecule has 1 aromatic heterocycles. The highest BCUT2D eigenvalue weighted by Crippen LogP contribution is 2.37. The third-order valence-corrected chi connectivity index (χ3v) is 7.51. The minimum Gasteiger partial charge on any atom is -0.343 e. The van der Waals surface area contributed by atoms with Gasteiger partial charge in [-0.25, -0.2) is 13.4 Å². The predicted molar refractivity (Wildman–Crippen MR) is 100 cm³/mol. The first kappa shape index (κ1) is 16.6. The maximum atomic E-state index is 12.8. The van der Waals surface area contributed by atoms with Gasteiger partial charge in [0.25, 0.3) is 0 Å². The molecule has 0 radical (unpaired) electrons. The lowest BCUT2D eigenvalue weighted by atomic mass is 10.0. The molecule has 0 aliphatic carbocycles. The number of sulfone groups is 1. The number of anilines is 1. The highest BCUT2D eigenvalue weighted by molar-refractivity contribution is 7.91. The number of rotatable bonds is 3. The summed E-state index contributed by atoms with van der Waals surface area (Å²) in [4.78, 5) is 6.67. The van der Waals surface area contributed by atoms with E-state index in [1.54, 1.807) is 30.3 Å². The van der Waals surface area contributed by atoms with Gasteiger partial charge >= 0.3 is 0 Å². The second-order valence-corrected chi connectivity index (χ2v) is 9.28. The molecule has 25 heavy (non-hydrogen) atoms. The van der Waals surface area contributed by atoms with Gasteiger partial charge in [-0.15, -0.1) is 0 Å². The van der Waals surface area contributed by atoms with Gasteiger partial charge in [0.1, 0.15) is 4.34 Å². The van der Waals surface area contributed by atoms with Crippen LogP contribution in [0.5, 0.6) is 0 Å². The first-order valence-corrected chi connectivity index (χ1v) is 10.5. The van der Waals surface area contributed by atoms with E-state index in [-0.39, 0.29) is 14.3 Å². The first-order valence-electron chi connectivity index (χ1n) is 7.84. The SMILES string of the molecule is O=S(=O)(c1ccccc1)c1nc(N2CCc3ccccc3C2)sc1Cl. The Morgan fingerprint density at radius 1 is 1.00 bits per heavy atom. The van der Waals surface area contributed by atoms with Crippen LogP contribution in [0.2, 0.25) is 4.34 Å². The smallest absolute Gasteiger partial charge is 0.226 e. The zero-order chi connectivity index (χ0) is 17.4. The molecule has 1 aliphatic rings. The Bertz CT molecular complexity index is 1020. The van der Waals surface area contributed by atoms with E-state index < -0.39 is 9.84 Å². The zero-order valence-corrected chi connectivity index (χ0v) is 15.6. The number of nitrogens with zero attached hydrogens (tertiary/aromatic N) is 2. The molecule has 128 valence electrons. The van der Waals surface area contributed by atoms with Gasteiger partial charge < -0.3 is 4.90 Å². The largest absolute Gasteiger partial charge is 0.343 e. The first-order chi connectivity index (χ1) is 12.1. The van der Waals surface area contributed by atoms with Crippen LogP contribution in [-0.4, -0.2) is 19.9 Å². The van der Waals surface area contributed by atoms with E-state index in [0.717, 1.165) is 13.0 Å². The number of hydrogen-bond acceptors (Lipinski definition) is 5. The van der Waals surface area contributed by atoms with Crippen molar-refractivity contribution in [1.29, 1.82) is 0 Å². The second kappa shape index (κ2) is 6.44. The Morgan fingerprint density at radius 2 is 1.68 bits per heavy atom. The maximum absolute atomic E-state index is 12.8. The van der Waals surface area contributed by atoms with E-state index in [1.165, 1.54) is 22.5 Å². The van der Waals surface area contributed by atoms with E-state index in [2.05, 4.69) is 22.0 Å². The third-order valence-electron chi connectivity index (χ3n) is 4.26. The molecule has 4 nitrogen and oxygen atoms in total. The lowest BCUT2D eigenvalue weighted by Crippen LogP contribution is -2.30. The molecule has 0 N–H and O–H groups in total. The number of thiazole rings is 1. The third kappa shape index (κ3) is 3.05. The van der Waals surface area contributed by atoms with Gasteiger partial charge in [-0.2, -0.15) is 0 Å². The van der Waals surface area contributed by atoms with E-state index in [0.29, 0.717) is 11.7 Å². The summed E-state index contributed by atoms with van der Waals surface area (Å²) in [6, 6.07) is 16.6. The number of hydrogen-bond donors (Lipinski definition) is 0. The molecule has 1 aliphatic heterocycles. The van der Waals surface area contributed by atoms with Crippen LogP contribution in [-0.2, 0) is 22.8 Å². The van der Waals surface area contributed by atoms with Crippen molar-refractivity contribution < 1.29 is 8.42 Å². The van der Waals surface area contributed by atoms with Gasteiger partial charge in [0.15, 0.2) is 10.2 Å². The molecule has 0 bridgehead atoms. The molecular formula is C18H15ClN2O2S2. The van der Waals surface area contributed by atoms with Gasteiger partial charge in [0.2, 0.25) is 9.84 Å². The topological polar surface area (TPSA) is 50.3 Å². The van der Waals surface area contributed by atoms with Crippen LogP contribution in [0.4, 0.5) is 5.13 Å². The van der Waals surface area contributed by atoms with Gasteiger partial charge in [0, 0.05) is 13.1 Å². The second-order valence-electron chi connectivity index (χ2n) is 5.83. The number of halogens is 1. The Labute approximate surface area is 155 Å². The van der Waals surface area contributed by atoms with Gasteiger partial charge in [-0.1, -0.05) is 65.4 Å². The molecule has 0 saturated heterocycles. The van der Waals surface area contributed by atoms with Crippen molar-refractivity contribution in [3.63, 3.8) is 0 Å². The lowest BCUT2D eigenvalue weighted by Gasteiger charge is -2.28. The standard InChI is InChI=1S/C18H15ClN2O2S2/c19-16-17(25(22,23)15-8-2-1-3-9-15)20-18(24-16)21-11-10-13-6-4-5-7-14(13)12-21/h1-9H,10-12H2. The summed E-state index contributed by atoms with van der Waals surface area (Å²) in [5, 5.41) is 0.591. The Hall–Kier alpha value is -1.89. The summed E-state index contributed by atoms with van der Waals surface area (Å²) >= 11 is 7.47. The summed E-state index contributed by atoms with van der Waals surface area (Å²) in [5.41, 5.74) is 2.58. The highest BCUT2D eigenvalue weighted by Gasteiger charge is 2.28. The number of aromatic nitrogens is 1. The fraction of sp³-hybridized carbons (Fsp3) is 0.167. The minimum atomic E-state index is -3.71. The van der Waals surface area contributed by atoms with Crippen molar-refractivity contribution in [3.8, 4) is 0 Å². The van der Waals surface area contributed by atoms with Crippen molar-refractivity contribution in [2.24, 2.45) is 0 Å². The number of fused-ring (bicyclic) bond motifs is 1. The molecule has 0 amide bonds. The molecule has 0 spiro atoms. The molecule has 2 heterocycles. The highest BCUT2D eigenvalue weighted by atomic mass is 35.5. The van der Waals surface area contributed by atoms with Crippen LogP contribution < -0.4 is 4.90 Å². The fourth-order valence-electron chi connectivity index (χ4n) is 2.95. The summed E-state index contributed by atoms with van der Waals surface area (Å²) in [6.07, 6.45) is 0.911. The summed E-state index contributed by atoms with van der Waals surface area (Å²) in [7, 11) is -3.71. The van der Waals surface area contributed by atoms with Crippen molar-refractivity contribution >= 4 is 37.9 Å². The van der Waals surface area contributed by atoms with Gasteiger partial charge in [-0.3, -0.25) is 0 Å². The Balaban J connectivity index is 1.68. The maximum Gasteiger partial charge on any atom is 0.226 e. The van der Waals surface area contributed by atoms with Crippen LogP contribution in [0.25, 0.3) is 0 Å². The van der Waals surface area contributed by atoms with Crippen molar-refractivity contribution in [2.75, 3.05) is 11.4 Å². The van der Waals surface area contributed by atoms with Crippen molar-refractivity contribution in [2.45, 2.75) is 22.9 Å². The number of benzene rings is 2. The van der Waals surface area contributed by atoms with E-state index in [4.69, 9.17) is 11.6 Å². The summed E-state index contributed by atoms with van der Waals surface area (Å²) in [5.74, 6) is 0. The van der Waals surface area contributed by atoms with E-state index in [9.17, 15) is 8.42 Å². The average molecular weight is 391 g/mol. The molecule has 0 saturated carbocycles. The minimum absolute atomic E-state index is 0.0563. The monoisotopic (exact) mass is 390 g/mol. The van der Waals surface area contributed by atoms with Crippen molar-refractivity contribution in [3.05, 3.63) is 70.1 Å². The van der Waals surface area contributed by atoms with Gasteiger partial charge in [-0.05, 0) is 29.7 Å². The lowest BCUT2D eigenvalue weighted by molar-refractivity contribution is 0.593. The molecule has 3 aromatic rings. The Kier molecular flexibility index (Phi) is 4.27. The molecule has 2 aromatic carbocycles. The van der Waals surface area contributed by atoms with Crippen LogP contribution in [0.3, 0.4) is 0 Å². The van der Waals surface area contributed by atoms with Crippen LogP contribution in [0, 0.1) is 0 Å². The quantitative estimate of drug-likeness (QED) is 0.672. The van der Waals surface area contributed by atoms with Crippen LogP contribution in [0.1, 0.15) is 11.1 Å². The average Bonchev–Trinajstić information content (AvgIpc) is 3.04. The molecular weight excluding hydrogens is 376 g/mol. The summed E-state index contributed by atoms with van der Waals surface area (Å²) in [6.45, 7) is 1.51. The normalized spacial score (nSPS) is 14.4. The fourth-order valence-corrected chi connectivity index (χ4v) is 5.89. The molecule has 7 heteroatoms. The molecule has 4 rings (SSSR count). The van der Waals surface area contributed by atoms with Crippen LogP contribution in [0.15, 0.2) is 64.5 Å². The molecule has 0 unspecified atom stereocenters. The zero-order valence-electron chi connectivity index (χ0n) is 13.2.